The summed E-state index contributed by atoms with van der Waals surface area (Å²) in [6, 6.07) is 19.9. The van der Waals surface area contributed by atoms with Crippen molar-refractivity contribution in [2.75, 3.05) is 0 Å². The monoisotopic (exact) mass is 386 g/mol. The summed E-state index contributed by atoms with van der Waals surface area (Å²) in [6.45, 7) is 2.53. The molecule has 1 aromatic heterocycles. The third-order valence-electron chi connectivity index (χ3n) is 4.99. The molecule has 0 fully saturated rings. The van der Waals surface area contributed by atoms with Crippen molar-refractivity contribution in [2.24, 2.45) is 5.73 Å². The lowest BCUT2D eigenvalue weighted by Gasteiger charge is -2.25. The summed E-state index contributed by atoms with van der Waals surface area (Å²) in [7, 11) is 0. The second-order valence-corrected chi connectivity index (χ2v) is 6.91. The first-order chi connectivity index (χ1) is 14.2. The van der Waals surface area contributed by atoms with Gasteiger partial charge in [-0.15, -0.1) is 5.10 Å². The Morgan fingerprint density at radius 1 is 1.17 bits per heavy atom. The molecule has 4 rings (SSSR count). The number of nitrogens with two attached hydrogens (primary N) is 1. The number of hydrogen-bond donors (Lipinski definition) is 2. The summed E-state index contributed by atoms with van der Waals surface area (Å²) in [5, 5.41) is 17.2. The van der Waals surface area contributed by atoms with E-state index in [1.165, 1.54) is 0 Å². The lowest BCUT2D eigenvalue weighted by atomic mass is 9.83. The summed E-state index contributed by atoms with van der Waals surface area (Å²) >= 11 is 0. The number of hydrogen-bond acceptors (Lipinski definition) is 5. The molecule has 6 heteroatoms. The van der Waals surface area contributed by atoms with Crippen LogP contribution in [0.15, 0.2) is 66.1 Å². The number of ether oxygens (including phenoxy) is 2. The maximum atomic E-state index is 9.84. The van der Waals surface area contributed by atoms with E-state index in [0.717, 1.165) is 35.2 Å². The van der Waals surface area contributed by atoms with Gasteiger partial charge in [0.2, 0.25) is 11.8 Å². The van der Waals surface area contributed by atoms with Gasteiger partial charge in [0.15, 0.2) is 0 Å². The zero-order valence-electron chi connectivity index (χ0n) is 16.2. The molecule has 1 aliphatic heterocycles. The van der Waals surface area contributed by atoms with Crippen molar-refractivity contribution in [2.45, 2.75) is 32.3 Å². The lowest BCUT2D eigenvalue weighted by molar-refractivity contribution is 0.301. The third kappa shape index (κ3) is 3.55. The van der Waals surface area contributed by atoms with Gasteiger partial charge in [0.1, 0.15) is 24.0 Å². The fourth-order valence-corrected chi connectivity index (χ4v) is 3.65. The van der Waals surface area contributed by atoms with Crippen LogP contribution in [-0.4, -0.2) is 10.2 Å². The topological polar surface area (TPSA) is 97.0 Å². The molecule has 0 aliphatic carbocycles. The van der Waals surface area contributed by atoms with Crippen LogP contribution in [0.3, 0.4) is 0 Å². The molecule has 1 aliphatic rings. The van der Waals surface area contributed by atoms with Crippen LogP contribution >= 0.6 is 0 Å². The highest BCUT2D eigenvalue weighted by Gasteiger charge is 2.36. The van der Waals surface area contributed by atoms with Gasteiger partial charge in [-0.3, -0.25) is 5.10 Å². The number of nitriles is 1. The van der Waals surface area contributed by atoms with Crippen LogP contribution < -0.4 is 15.2 Å². The van der Waals surface area contributed by atoms with Gasteiger partial charge < -0.3 is 15.2 Å². The van der Waals surface area contributed by atoms with Gasteiger partial charge in [0.05, 0.1) is 11.5 Å². The Bertz CT molecular complexity index is 1080. The Labute approximate surface area is 169 Å². The summed E-state index contributed by atoms with van der Waals surface area (Å²) < 4.78 is 11.8. The normalized spacial score (nSPS) is 15.4. The van der Waals surface area contributed by atoms with Gasteiger partial charge in [-0.1, -0.05) is 61.9 Å². The average Bonchev–Trinajstić information content (AvgIpc) is 3.14. The van der Waals surface area contributed by atoms with Crippen molar-refractivity contribution in [3.8, 4) is 17.7 Å². The highest BCUT2D eigenvalue weighted by Crippen LogP contribution is 2.45. The standard InChI is InChI=1S/C23H22N4O2/c1-2-8-18-21-20(17(13-24)22(25)29-23(21)27-26-18)16-11-6-7-12-19(16)28-14-15-9-4-3-5-10-15/h3-7,9-12,20H,2,8,14,25H2,1H3,(H,26,27). The number of nitrogens with zero attached hydrogens (tertiary/aromatic N) is 2. The quantitative estimate of drug-likeness (QED) is 0.663. The molecule has 0 amide bonds. The molecule has 6 nitrogen and oxygen atoms in total. The first-order valence-electron chi connectivity index (χ1n) is 9.63. The van der Waals surface area contributed by atoms with Crippen LogP contribution in [0.1, 0.15) is 41.6 Å². The van der Waals surface area contributed by atoms with E-state index in [0.29, 0.717) is 23.8 Å². The zero-order chi connectivity index (χ0) is 20.2. The predicted molar refractivity (Wildman–Crippen MR) is 109 cm³/mol. The van der Waals surface area contributed by atoms with Gasteiger partial charge in [0.25, 0.3) is 0 Å². The van der Waals surface area contributed by atoms with E-state index in [4.69, 9.17) is 15.2 Å². The van der Waals surface area contributed by atoms with E-state index in [1.807, 2.05) is 54.6 Å². The predicted octanol–water partition coefficient (Wildman–Crippen LogP) is 4.16. The van der Waals surface area contributed by atoms with Crippen LogP contribution in [0.4, 0.5) is 0 Å². The molecule has 3 N–H and O–H groups in total. The summed E-state index contributed by atoms with van der Waals surface area (Å²) in [4.78, 5) is 0. The van der Waals surface area contributed by atoms with E-state index in [2.05, 4.69) is 23.2 Å². The van der Waals surface area contributed by atoms with Crippen LogP contribution in [-0.2, 0) is 13.0 Å². The fourth-order valence-electron chi connectivity index (χ4n) is 3.65. The maximum absolute atomic E-state index is 9.84. The average molecular weight is 386 g/mol. The van der Waals surface area contributed by atoms with Crippen molar-refractivity contribution in [3.05, 3.63) is 88.4 Å². The zero-order valence-corrected chi connectivity index (χ0v) is 16.2. The number of allylic oxidation sites excluding steroid dienone is 1. The number of aryl methyl sites for hydroxylation is 1. The number of nitrogens with one attached hydrogen (secondary N) is 1. The minimum atomic E-state index is -0.393. The molecule has 3 aromatic rings. The van der Waals surface area contributed by atoms with Gasteiger partial charge in [-0.05, 0) is 18.1 Å². The number of para-hydroxylation sites is 1. The minimum absolute atomic E-state index is 0.0809. The summed E-state index contributed by atoms with van der Waals surface area (Å²) in [6.07, 6.45) is 1.74. The molecular weight excluding hydrogens is 364 g/mol. The second-order valence-electron chi connectivity index (χ2n) is 6.91. The molecule has 0 spiro atoms. The van der Waals surface area contributed by atoms with Crippen LogP contribution in [0.2, 0.25) is 0 Å². The molecule has 0 radical (unpaired) electrons. The number of aromatic amines is 1. The van der Waals surface area contributed by atoms with Crippen LogP contribution in [0.25, 0.3) is 0 Å². The molecule has 1 atom stereocenters. The molecule has 0 bridgehead atoms. The number of H-pyrrole nitrogens is 1. The fraction of sp³-hybridized carbons (Fsp3) is 0.217. The number of benzene rings is 2. The summed E-state index contributed by atoms with van der Waals surface area (Å²) in [5.74, 6) is 0.819. The highest BCUT2D eigenvalue weighted by molar-refractivity contribution is 5.58. The van der Waals surface area contributed by atoms with E-state index in [-0.39, 0.29) is 5.88 Å². The van der Waals surface area contributed by atoms with Gasteiger partial charge in [-0.25, -0.2) is 0 Å². The minimum Gasteiger partial charge on any atom is -0.489 e. The molecule has 146 valence electrons. The van der Waals surface area contributed by atoms with Crippen molar-refractivity contribution in [1.29, 1.82) is 5.26 Å². The molecule has 0 saturated heterocycles. The van der Waals surface area contributed by atoms with Crippen LogP contribution in [0.5, 0.6) is 11.6 Å². The smallest absolute Gasteiger partial charge is 0.244 e. The Kier molecular flexibility index (Phi) is 5.21. The van der Waals surface area contributed by atoms with Crippen molar-refractivity contribution >= 4 is 0 Å². The first-order valence-corrected chi connectivity index (χ1v) is 9.63. The number of rotatable bonds is 6. The molecule has 1 unspecified atom stereocenters. The van der Waals surface area contributed by atoms with Gasteiger partial charge in [0, 0.05) is 11.3 Å². The lowest BCUT2D eigenvalue weighted by Crippen LogP contribution is -2.21. The number of fused-ring (bicyclic) bond motifs is 1. The Morgan fingerprint density at radius 3 is 2.69 bits per heavy atom. The Morgan fingerprint density at radius 2 is 1.93 bits per heavy atom. The van der Waals surface area contributed by atoms with Gasteiger partial charge >= 0.3 is 0 Å². The SMILES string of the molecule is CCCc1[nH]nc2c1C(c1ccccc1OCc1ccccc1)C(C#N)=C(N)O2. The summed E-state index contributed by atoms with van der Waals surface area (Å²) in [5.41, 5.74) is 10.2. The maximum Gasteiger partial charge on any atom is 0.244 e. The second kappa shape index (κ2) is 8.11. The van der Waals surface area contributed by atoms with E-state index >= 15 is 0 Å². The van der Waals surface area contributed by atoms with Crippen molar-refractivity contribution < 1.29 is 9.47 Å². The van der Waals surface area contributed by atoms with Crippen molar-refractivity contribution in [1.82, 2.24) is 10.2 Å². The third-order valence-corrected chi connectivity index (χ3v) is 4.99. The largest absolute Gasteiger partial charge is 0.489 e. The molecule has 29 heavy (non-hydrogen) atoms. The van der Waals surface area contributed by atoms with Crippen molar-refractivity contribution in [3.63, 3.8) is 0 Å². The van der Waals surface area contributed by atoms with Crippen LogP contribution in [0, 0.1) is 11.3 Å². The number of aromatic nitrogens is 2. The molecule has 2 heterocycles. The highest BCUT2D eigenvalue weighted by atomic mass is 16.5. The Hall–Kier alpha value is -3.72. The van der Waals surface area contributed by atoms with E-state index < -0.39 is 5.92 Å². The molecule has 0 saturated carbocycles. The first kappa shape index (κ1) is 18.6. The molecular formula is C23H22N4O2. The van der Waals surface area contributed by atoms with E-state index in [9.17, 15) is 5.26 Å². The molecule has 2 aromatic carbocycles. The Balaban J connectivity index is 1.77. The van der Waals surface area contributed by atoms with Gasteiger partial charge in [-0.2, -0.15) is 5.26 Å². The van der Waals surface area contributed by atoms with E-state index in [1.54, 1.807) is 0 Å².